The van der Waals surface area contributed by atoms with Crippen molar-refractivity contribution in [1.29, 1.82) is 0 Å². The average molecular weight is 215 g/mol. The number of anilines is 1. The molecule has 80 valence electrons. The van der Waals surface area contributed by atoms with E-state index in [4.69, 9.17) is 10.8 Å². The monoisotopic (exact) mass is 215 g/mol. The van der Waals surface area contributed by atoms with Crippen LogP contribution in [-0.4, -0.2) is 21.0 Å². The molecule has 2 rings (SSSR count). The molecule has 1 aromatic heterocycles. The Morgan fingerprint density at radius 3 is 2.31 bits per heavy atom. The Kier molecular flexibility index (Phi) is 2.51. The molecule has 0 spiro atoms. The SMILES string of the molecule is Nc1nccnc1-c1ccc(C(=O)O)cc1. The topological polar surface area (TPSA) is 89.1 Å². The van der Waals surface area contributed by atoms with Gasteiger partial charge in [-0.2, -0.15) is 0 Å². The Bertz CT molecular complexity index is 523. The molecular weight excluding hydrogens is 206 g/mol. The number of nitrogens with zero attached hydrogens (tertiary/aromatic N) is 2. The van der Waals surface area contributed by atoms with Crippen LogP contribution in [0.3, 0.4) is 0 Å². The lowest BCUT2D eigenvalue weighted by Gasteiger charge is -2.03. The molecule has 1 aromatic carbocycles. The van der Waals surface area contributed by atoms with Crippen LogP contribution in [0.2, 0.25) is 0 Å². The molecule has 0 aliphatic carbocycles. The Hall–Kier alpha value is -2.43. The van der Waals surface area contributed by atoms with Crippen molar-refractivity contribution >= 4 is 11.8 Å². The summed E-state index contributed by atoms with van der Waals surface area (Å²) < 4.78 is 0. The van der Waals surface area contributed by atoms with Crippen LogP contribution in [0.15, 0.2) is 36.7 Å². The summed E-state index contributed by atoms with van der Waals surface area (Å²) >= 11 is 0. The molecule has 0 aliphatic rings. The van der Waals surface area contributed by atoms with Crippen molar-refractivity contribution in [2.45, 2.75) is 0 Å². The summed E-state index contributed by atoms with van der Waals surface area (Å²) in [7, 11) is 0. The minimum Gasteiger partial charge on any atom is -0.478 e. The fraction of sp³-hybridized carbons (Fsp3) is 0. The second-order valence-corrected chi connectivity index (χ2v) is 3.17. The van der Waals surface area contributed by atoms with E-state index in [2.05, 4.69) is 9.97 Å². The zero-order valence-corrected chi connectivity index (χ0v) is 8.29. The molecule has 0 saturated heterocycles. The summed E-state index contributed by atoms with van der Waals surface area (Å²) in [4.78, 5) is 18.7. The first-order valence-electron chi connectivity index (χ1n) is 4.58. The summed E-state index contributed by atoms with van der Waals surface area (Å²) in [6, 6.07) is 6.32. The first-order valence-corrected chi connectivity index (χ1v) is 4.58. The second-order valence-electron chi connectivity index (χ2n) is 3.17. The largest absolute Gasteiger partial charge is 0.478 e. The van der Waals surface area contributed by atoms with Crippen LogP contribution in [0, 0.1) is 0 Å². The molecule has 5 heteroatoms. The molecule has 5 nitrogen and oxygen atoms in total. The van der Waals surface area contributed by atoms with Gasteiger partial charge in [0, 0.05) is 18.0 Å². The van der Waals surface area contributed by atoms with Gasteiger partial charge in [0.15, 0.2) is 0 Å². The number of nitrogens with two attached hydrogens (primary N) is 1. The minimum absolute atomic E-state index is 0.228. The Morgan fingerprint density at radius 2 is 1.75 bits per heavy atom. The van der Waals surface area contributed by atoms with Gasteiger partial charge in [0.2, 0.25) is 0 Å². The Balaban J connectivity index is 2.43. The van der Waals surface area contributed by atoms with E-state index in [-0.39, 0.29) is 5.56 Å². The molecule has 0 bridgehead atoms. The van der Waals surface area contributed by atoms with E-state index in [0.29, 0.717) is 11.5 Å². The zero-order valence-electron chi connectivity index (χ0n) is 8.29. The van der Waals surface area contributed by atoms with E-state index in [0.717, 1.165) is 5.56 Å². The average Bonchev–Trinajstić information content (AvgIpc) is 2.30. The fourth-order valence-corrected chi connectivity index (χ4v) is 1.34. The molecule has 2 aromatic rings. The van der Waals surface area contributed by atoms with Crippen LogP contribution in [-0.2, 0) is 0 Å². The van der Waals surface area contributed by atoms with E-state index in [1.165, 1.54) is 24.5 Å². The molecule has 0 unspecified atom stereocenters. The van der Waals surface area contributed by atoms with Crippen LogP contribution in [0.1, 0.15) is 10.4 Å². The number of carboxylic acids is 1. The maximum absolute atomic E-state index is 10.7. The standard InChI is InChI=1S/C11H9N3O2/c12-10-9(13-5-6-14-10)7-1-3-8(4-2-7)11(15)16/h1-6H,(H2,12,14)(H,15,16). The number of carboxylic acid groups (broad SMARTS) is 1. The van der Waals surface area contributed by atoms with Crippen LogP contribution in [0.4, 0.5) is 5.82 Å². The highest BCUT2D eigenvalue weighted by molar-refractivity contribution is 5.88. The fourth-order valence-electron chi connectivity index (χ4n) is 1.34. The maximum atomic E-state index is 10.7. The molecule has 0 fully saturated rings. The van der Waals surface area contributed by atoms with E-state index in [9.17, 15) is 4.79 Å². The summed E-state index contributed by atoms with van der Waals surface area (Å²) in [5.41, 5.74) is 7.19. The summed E-state index contributed by atoms with van der Waals surface area (Å²) in [6.45, 7) is 0. The third-order valence-corrected chi connectivity index (χ3v) is 2.13. The molecule has 3 N–H and O–H groups in total. The number of rotatable bonds is 2. The summed E-state index contributed by atoms with van der Waals surface area (Å²) in [5.74, 6) is -0.635. The van der Waals surface area contributed by atoms with Gasteiger partial charge >= 0.3 is 5.97 Å². The predicted octanol–water partition coefficient (Wildman–Crippen LogP) is 1.42. The second kappa shape index (κ2) is 3.98. The first-order chi connectivity index (χ1) is 7.68. The van der Waals surface area contributed by atoms with E-state index in [1.54, 1.807) is 12.1 Å². The van der Waals surface area contributed by atoms with E-state index in [1.807, 2.05) is 0 Å². The van der Waals surface area contributed by atoms with Crippen molar-refractivity contribution in [3.8, 4) is 11.3 Å². The predicted molar refractivity (Wildman–Crippen MR) is 58.8 cm³/mol. The number of hydrogen-bond donors (Lipinski definition) is 2. The van der Waals surface area contributed by atoms with Gasteiger partial charge in [-0.15, -0.1) is 0 Å². The van der Waals surface area contributed by atoms with Crippen molar-refractivity contribution in [2.24, 2.45) is 0 Å². The minimum atomic E-state index is -0.960. The number of nitrogen functional groups attached to an aromatic ring is 1. The molecule has 16 heavy (non-hydrogen) atoms. The third-order valence-electron chi connectivity index (χ3n) is 2.13. The first kappa shape index (κ1) is 10.1. The maximum Gasteiger partial charge on any atom is 0.335 e. The summed E-state index contributed by atoms with van der Waals surface area (Å²) in [6.07, 6.45) is 3.04. The van der Waals surface area contributed by atoms with Crippen LogP contribution < -0.4 is 5.73 Å². The van der Waals surface area contributed by atoms with Gasteiger partial charge in [-0.25, -0.2) is 9.78 Å². The highest BCUT2D eigenvalue weighted by atomic mass is 16.4. The highest BCUT2D eigenvalue weighted by Crippen LogP contribution is 2.21. The number of aromatic nitrogens is 2. The quantitative estimate of drug-likeness (QED) is 0.790. The van der Waals surface area contributed by atoms with E-state index >= 15 is 0 Å². The molecule has 0 atom stereocenters. The molecule has 1 heterocycles. The van der Waals surface area contributed by atoms with Crippen molar-refractivity contribution in [3.05, 3.63) is 42.2 Å². The van der Waals surface area contributed by atoms with Gasteiger partial charge in [-0.3, -0.25) is 4.98 Å². The molecular formula is C11H9N3O2. The van der Waals surface area contributed by atoms with Gasteiger partial charge in [0.25, 0.3) is 0 Å². The number of aromatic carboxylic acids is 1. The van der Waals surface area contributed by atoms with Crippen LogP contribution in [0.25, 0.3) is 11.3 Å². The molecule has 0 radical (unpaired) electrons. The van der Waals surface area contributed by atoms with Crippen LogP contribution in [0.5, 0.6) is 0 Å². The lowest BCUT2D eigenvalue weighted by atomic mass is 10.1. The number of carbonyl (C=O) groups is 1. The lowest BCUT2D eigenvalue weighted by Crippen LogP contribution is -1.98. The third kappa shape index (κ3) is 1.83. The number of hydrogen-bond acceptors (Lipinski definition) is 4. The molecule has 0 amide bonds. The lowest BCUT2D eigenvalue weighted by molar-refractivity contribution is 0.0697. The Labute approximate surface area is 91.6 Å². The van der Waals surface area contributed by atoms with Gasteiger partial charge in [0.1, 0.15) is 11.5 Å². The smallest absolute Gasteiger partial charge is 0.335 e. The van der Waals surface area contributed by atoms with Crippen molar-refractivity contribution in [3.63, 3.8) is 0 Å². The molecule has 0 saturated carbocycles. The van der Waals surface area contributed by atoms with Gasteiger partial charge in [0.05, 0.1) is 5.56 Å². The summed E-state index contributed by atoms with van der Waals surface area (Å²) in [5, 5.41) is 8.75. The molecule has 0 aliphatic heterocycles. The van der Waals surface area contributed by atoms with Crippen molar-refractivity contribution < 1.29 is 9.90 Å². The highest BCUT2D eigenvalue weighted by Gasteiger charge is 2.06. The normalized spacial score (nSPS) is 10.0. The zero-order chi connectivity index (χ0) is 11.5. The van der Waals surface area contributed by atoms with Gasteiger partial charge in [-0.1, -0.05) is 12.1 Å². The van der Waals surface area contributed by atoms with E-state index < -0.39 is 5.97 Å². The Morgan fingerprint density at radius 1 is 1.12 bits per heavy atom. The van der Waals surface area contributed by atoms with Gasteiger partial charge < -0.3 is 10.8 Å². The van der Waals surface area contributed by atoms with Crippen molar-refractivity contribution in [2.75, 3.05) is 5.73 Å². The van der Waals surface area contributed by atoms with Gasteiger partial charge in [-0.05, 0) is 12.1 Å². The van der Waals surface area contributed by atoms with Crippen molar-refractivity contribution in [1.82, 2.24) is 9.97 Å². The van der Waals surface area contributed by atoms with Crippen LogP contribution >= 0.6 is 0 Å². The number of benzene rings is 1.